The fourth-order valence-electron chi connectivity index (χ4n) is 4.00. The van der Waals surface area contributed by atoms with Crippen LogP contribution in [0.2, 0.25) is 0 Å². The molecule has 148 valence electrons. The second-order valence-electron chi connectivity index (χ2n) is 7.67. The van der Waals surface area contributed by atoms with Crippen LogP contribution in [-0.4, -0.2) is 61.1 Å². The van der Waals surface area contributed by atoms with Gasteiger partial charge < -0.3 is 14.8 Å². The molecule has 0 aliphatic carbocycles. The highest BCUT2D eigenvalue weighted by Crippen LogP contribution is 2.38. The SMILES string of the molecule is COc1ccc(OC)c(C2CCCN2CCCN2C(=O)NC(C)(C)C2=O)c1. The Labute approximate surface area is 160 Å². The molecule has 7 heteroatoms. The molecule has 1 atom stereocenters. The molecule has 2 aliphatic heterocycles. The number of benzene rings is 1. The molecule has 0 saturated carbocycles. The summed E-state index contributed by atoms with van der Waals surface area (Å²) in [5.41, 5.74) is 0.326. The van der Waals surface area contributed by atoms with Gasteiger partial charge in [0, 0.05) is 24.7 Å². The minimum Gasteiger partial charge on any atom is -0.497 e. The first-order valence-corrected chi connectivity index (χ1v) is 9.47. The van der Waals surface area contributed by atoms with Crippen LogP contribution in [0, 0.1) is 0 Å². The van der Waals surface area contributed by atoms with Gasteiger partial charge in [-0.2, -0.15) is 0 Å². The average Bonchev–Trinajstić information content (AvgIpc) is 3.18. The van der Waals surface area contributed by atoms with Crippen molar-refractivity contribution in [1.29, 1.82) is 0 Å². The number of nitrogens with one attached hydrogen (secondary N) is 1. The predicted molar refractivity (Wildman–Crippen MR) is 102 cm³/mol. The third-order valence-electron chi connectivity index (χ3n) is 5.43. The van der Waals surface area contributed by atoms with Crippen molar-refractivity contribution < 1.29 is 19.1 Å². The van der Waals surface area contributed by atoms with Gasteiger partial charge in [-0.3, -0.25) is 14.6 Å². The Bertz CT molecular complexity index is 719. The summed E-state index contributed by atoms with van der Waals surface area (Å²) < 4.78 is 10.9. The molecule has 0 spiro atoms. The predicted octanol–water partition coefficient (Wildman–Crippen LogP) is 2.56. The summed E-state index contributed by atoms with van der Waals surface area (Å²) in [7, 11) is 3.35. The summed E-state index contributed by atoms with van der Waals surface area (Å²) in [5, 5.41) is 2.73. The number of ether oxygens (including phenoxy) is 2. The fourth-order valence-corrected chi connectivity index (χ4v) is 4.00. The average molecular weight is 375 g/mol. The Balaban J connectivity index is 1.64. The minimum absolute atomic E-state index is 0.153. The molecule has 3 amide bonds. The molecule has 1 aromatic carbocycles. The van der Waals surface area contributed by atoms with E-state index in [-0.39, 0.29) is 18.0 Å². The molecule has 3 rings (SSSR count). The van der Waals surface area contributed by atoms with Gasteiger partial charge in [0.05, 0.1) is 14.2 Å². The lowest BCUT2D eigenvalue weighted by atomic mass is 10.0. The third kappa shape index (κ3) is 3.88. The first-order valence-electron chi connectivity index (χ1n) is 9.47. The zero-order chi connectivity index (χ0) is 19.6. The summed E-state index contributed by atoms with van der Waals surface area (Å²) in [6.07, 6.45) is 2.92. The van der Waals surface area contributed by atoms with E-state index in [1.54, 1.807) is 28.1 Å². The molecular weight excluding hydrogens is 346 g/mol. The van der Waals surface area contributed by atoms with Crippen LogP contribution in [0.3, 0.4) is 0 Å². The summed E-state index contributed by atoms with van der Waals surface area (Å²) in [5.74, 6) is 1.53. The summed E-state index contributed by atoms with van der Waals surface area (Å²) >= 11 is 0. The maximum Gasteiger partial charge on any atom is 0.325 e. The molecule has 2 heterocycles. The van der Waals surface area contributed by atoms with Gasteiger partial charge in [-0.05, 0) is 57.9 Å². The molecular formula is C20H29N3O4. The van der Waals surface area contributed by atoms with Crippen LogP contribution in [0.5, 0.6) is 11.5 Å². The molecule has 1 unspecified atom stereocenters. The van der Waals surface area contributed by atoms with Crippen LogP contribution in [0.25, 0.3) is 0 Å². The van der Waals surface area contributed by atoms with E-state index in [0.29, 0.717) is 6.54 Å². The van der Waals surface area contributed by atoms with Crippen LogP contribution in [-0.2, 0) is 4.79 Å². The van der Waals surface area contributed by atoms with Gasteiger partial charge in [0.1, 0.15) is 17.0 Å². The van der Waals surface area contributed by atoms with Crippen LogP contribution < -0.4 is 14.8 Å². The molecule has 27 heavy (non-hydrogen) atoms. The van der Waals surface area contributed by atoms with E-state index in [1.165, 1.54) is 4.90 Å². The third-order valence-corrected chi connectivity index (χ3v) is 5.43. The first kappa shape index (κ1) is 19.5. The minimum atomic E-state index is -0.804. The van der Waals surface area contributed by atoms with Crippen molar-refractivity contribution >= 4 is 11.9 Å². The highest BCUT2D eigenvalue weighted by atomic mass is 16.5. The lowest BCUT2D eigenvalue weighted by Crippen LogP contribution is -2.40. The number of nitrogens with zero attached hydrogens (tertiary/aromatic N) is 2. The van der Waals surface area contributed by atoms with Crippen LogP contribution in [0.15, 0.2) is 18.2 Å². The summed E-state index contributed by atoms with van der Waals surface area (Å²) in [6, 6.07) is 5.86. The van der Waals surface area contributed by atoms with Crippen molar-refractivity contribution in [2.24, 2.45) is 0 Å². The maximum absolute atomic E-state index is 12.3. The van der Waals surface area contributed by atoms with Crippen LogP contribution in [0.4, 0.5) is 4.79 Å². The standard InChI is InChI=1S/C20H29N3O4/c1-20(2)18(24)23(19(25)21-20)12-6-11-22-10-5-7-16(22)15-13-14(26-3)8-9-17(15)27-4/h8-9,13,16H,5-7,10-12H2,1-4H3,(H,21,25). The fraction of sp³-hybridized carbons (Fsp3) is 0.600. The van der Waals surface area contributed by atoms with E-state index < -0.39 is 5.54 Å². The van der Waals surface area contributed by atoms with E-state index in [4.69, 9.17) is 9.47 Å². The number of carbonyl (C=O) groups is 2. The number of likely N-dealkylation sites (tertiary alicyclic amines) is 1. The van der Waals surface area contributed by atoms with Crippen molar-refractivity contribution in [3.8, 4) is 11.5 Å². The Morgan fingerprint density at radius 1 is 1.19 bits per heavy atom. The molecule has 1 aromatic rings. The molecule has 7 nitrogen and oxygen atoms in total. The normalized spacial score (nSPS) is 22.2. The molecule has 2 saturated heterocycles. The second kappa shape index (κ2) is 7.76. The zero-order valence-electron chi connectivity index (χ0n) is 16.6. The number of amides is 3. The van der Waals surface area contributed by atoms with Crippen LogP contribution >= 0.6 is 0 Å². The number of rotatable bonds is 7. The monoisotopic (exact) mass is 375 g/mol. The largest absolute Gasteiger partial charge is 0.497 e. The topological polar surface area (TPSA) is 71.1 Å². The Morgan fingerprint density at radius 2 is 1.96 bits per heavy atom. The smallest absolute Gasteiger partial charge is 0.325 e. The molecule has 0 radical (unpaired) electrons. The molecule has 0 bridgehead atoms. The Hall–Kier alpha value is -2.28. The maximum atomic E-state index is 12.3. The number of methoxy groups -OCH3 is 2. The van der Waals surface area contributed by atoms with Gasteiger partial charge >= 0.3 is 6.03 Å². The first-order chi connectivity index (χ1) is 12.9. The Morgan fingerprint density at radius 3 is 2.59 bits per heavy atom. The molecule has 1 N–H and O–H groups in total. The van der Waals surface area contributed by atoms with Crippen molar-refractivity contribution in [2.45, 2.75) is 44.7 Å². The van der Waals surface area contributed by atoms with Crippen molar-refractivity contribution in [1.82, 2.24) is 15.1 Å². The lowest BCUT2D eigenvalue weighted by molar-refractivity contribution is -0.130. The summed E-state index contributed by atoms with van der Waals surface area (Å²) in [6.45, 7) is 5.73. The van der Waals surface area contributed by atoms with Crippen molar-refractivity contribution in [3.05, 3.63) is 23.8 Å². The van der Waals surface area contributed by atoms with Gasteiger partial charge in [-0.15, -0.1) is 0 Å². The van der Waals surface area contributed by atoms with E-state index in [2.05, 4.69) is 10.2 Å². The van der Waals surface area contributed by atoms with Gasteiger partial charge in [0.25, 0.3) is 5.91 Å². The van der Waals surface area contributed by atoms with Crippen molar-refractivity contribution in [2.75, 3.05) is 33.9 Å². The van der Waals surface area contributed by atoms with Crippen molar-refractivity contribution in [3.63, 3.8) is 0 Å². The number of hydrogen-bond acceptors (Lipinski definition) is 5. The van der Waals surface area contributed by atoms with E-state index in [1.807, 2.05) is 18.2 Å². The molecule has 2 aliphatic rings. The number of hydrogen-bond donors (Lipinski definition) is 1. The van der Waals surface area contributed by atoms with E-state index in [9.17, 15) is 9.59 Å². The quantitative estimate of drug-likeness (QED) is 0.742. The Kier molecular flexibility index (Phi) is 5.60. The van der Waals surface area contributed by atoms with Gasteiger partial charge in [-0.1, -0.05) is 0 Å². The highest BCUT2D eigenvalue weighted by Gasteiger charge is 2.43. The number of urea groups is 1. The zero-order valence-corrected chi connectivity index (χ0v) is 16.6. The summed E-state index contributed by atoms with van der Waals surface area (Å²) in [4.78, 5) is 28.1. The molecule has 0 aromatic heterocycles. The van der Waals surface area contributed by atoms with E-state index >= 15 is 0 Å². The van der Waals surface area contributed by atoms with Gasteiger partial charge in [-0.25, -0.2) is 4.79 Å². The number of imide groups is 1. The highest BCUT2D eigenvalue weighted by molar-refractivity contribution is 6.06. The van der Waals surface area contributed by atoms with E-state index in [0.717, 1.165) is 49.4 Å². The lowest BCUT2D eigenvalue weighted by Gasteiger charge is -2.27. The van der Waals surface area contributed by atoms with Gasteiger partial charge in [0.15, 0.2) is 0 Å². The molecule has 2 fully saturated rings. The van der Waals surface area contributed by atoms with Gasteiger partial charge in [0.2, 0.25) is 0 Å². The second-order valence-corrected chi connectivity index (χ2v) is 7.67. The van der Waals surface area contributed by atoms with Crippen LogP contribution in [0.1, 0.15) is 44.7 Å². The number of carbonyl (C=O) groups excluding carboxylic acids is 2.